The minimum absolute atomic E-state index is 0.368. The van der Waals surface area contributed by atoms with E-state index in [4.69, 9.17) is 5.11 Å². The normalized spacial score (nSPS) is 10.1. The van der Waals surface area contributed by atoms with Crippen LogP contribution in [-0.4, -0.2) is 10.2 Å². The van der Waals surface area contributed by atoms with Crippen molar-refractivity contribution in [2.75, 3.05) is 0 Å². The fraction of sp³-hybridized carbons (Fsp3) is 0.455. The smallest absolute Gasteiger partial charge is 0.118 e. The van der Waals surface area contributed by atoms with Crippen LogP contribution in [0.25, 0.3) is 0 Å². The molecule has 0 amide bonds. The molecule has 0 radical (unpaired) electrons. The van der Waals surface area contributed by atoms with Crippen LogP contribution in [0.5, 0.6) is 11.5 Å². The Morgan fingerprint density at radius 1 is 0.667 bits per heavy atom. The van der Waals surface area contributed by atoms with Crippen LogP contribution in [0.4, 0.5) is 0 Å². The fourth-order valence-corrected chi connectivity index (χ4v) is 2.56. The lowest BCUT2D eigenvalue weighted by Crippen LogP contribution is -1.87. The second-order valence-corrected chi connectivity index (χ2v) is 6.29. The summed E-state index contributed by atoms with van der Waals surface area (Å²) in [5.41, 5.74) is 2.02. The molecule has 0 saturated heterocycles. The first-order chi connectivity index (χ1) is 11.6. The molecule has 0 aliphatic carbocycles. The van der Waals surface area contributed by atoms with Gasteiger partial charge in [0.1, 0.15) is 11.5 Å². The Labute approximate surface area is 147 Å². The lowest BCUT2D eigenvalue weighted by molar-refractivity contribution is 0.466. The van der Waals surface area contributed by atoms with Gasteiger partial charge in [0, 0.05) is 0 Å². The zero-order chi connectivity index (χ0) is 17.6. The number of phenolic OH excluding ortho intramolecular Hbond substituents is 2. The summed E-state index contributed by atoms with van der Waals surface area (Å²) in [6, 6.07) is 14.9. The first kappa shape index (κ1) is 20.1. The summed E-state index contributed by atoms with van der Waals surface area (Å²) in [7, 11) is 0. The number of hydrogen-bond acceptors (Lipinski definition) is 2. The lowest BCUT2D eigenvalue weighted by Gasteiger charge is -2.04. The summed E-state index contributed by atoms with van der Waals surface area (Å²) in [6.07, 6.45) is 10.3. The van der Waals surface area contributed by atoms with E-state index in [2.05, 4.69) is 6.92 Å². The van der Waals surface area contributed by atoms with Crippen molar-refractivity contribution in [3.8, 4) is 11.5 Å². The van der Waals surface area contributed by atoms with E-state index < -0.39 is 0 Å². The number of rotatable bonds is 8. The van der Waals surface area contributed by atoms with E-state index in [1.807, 2.05) is 43.3 Å². The number of hydrogen-bond donors (Lipinski definition) is 2. The highest BCUT2D eigenvalue weighted by atomic mass is 16.3. The third kappa shape index (κ3) is 8.61. The highest BCUT2D eigenvalue weighted by molar-refractivity contribution is 5.31. The van der Waals surface area contributed by atoms with Crippen LogP contribution in [0.3, 0.4) is 0 Å². The van der Waals surface area contributed by atoms with Gasteiger partial charge in [-0.15, -0.1) is 0 Å². The number of benzene rings is 2. The molecular formula is C22H32O2. The second kappa shape index (κ2) is 12.5. The van der Waals surface area contributed by atoms with Gasteiger partial charge in [0.05, 0.1) is 0 Å². The number of phenols is 2. The summed E-state index contributed by atoms with van der Waals surface area (Å²) < 4.78 is 0. The Bertz CT molecular complexity index is 542. The molecule has 2 N–H and O–H groups in total. The molecule has 0 aliphatic rings. The molecule has 2 rings (SSSR count). The maximum Gasteiger partial charge on any atom is 0.118 e. The predicted octanol–water partition coefficient (Wildman–Crippen LogP) is 6.39. The van der Waals surface area contributed by atoms with Gasteiger partial charge >= 0.3 is 0 Å². The van der Waals surface area contributed by atoms with Crippen molar-refractivity contribution in [3.05, 3.63) is 59.7 Å². The lowest BCUT2D eigenvalue weighted by atomic mass is 10.0. The summed E-state index contributed by atoms with van der Waals surface area (Å²) in [4.78, 5) is 0. The second-order valence-electron chi connectivity index (χ2n) is 6.29. The molecule has 2 nitrogen and oxygen atoms in total. The zero-order valence-electron chi connectivity index (χ0n) is 15.2. The molecule has 0 saturated carbocycles. The molecule has 0 aliphatic heterocycles. The SMILES string of the molecule is CCCCCCCCCc1ccccc1O.Cc1ccccc1O. The van der Waals surface area contributed by atoms with E-state index in [0.29, 0.717) is 11.5 Å². The van der Waals surface area contributed by atoms with E-state index in [1.165, 1.54) is 44.9 Å². The molecule has 2 heteroatoms. The minimum atomic E-state index is 0.368. The fourth-order valence-electron chi connectivity index (χ4n) is 2.56. The van der Waals surface area contributed by atoms with Crippen LogP contribution in [0.2, 0.25) is 0 Å². The Morgan fingerprint density at radius 2 is 1.21 bits per heavy atom. The molecule has 0 heterocycles. The number of para-hydroxylation sites is 2. The third-order valence-electron chi connectivity index (χ3n) is 4.16. The molecule has 0 bridgehead atoms. The van der Waals surface area contributed by atoms with E-state index in [9.17, 15) is 5.11 Å². The van der Waals surface area contributed by atoms with Crippen molar-refractivity contribution in [2.24, 2.45) is 0 Å². The number of unbranched alkanes of at least 4 members (excludes halogenated alkanes) is 6. The molecule has 0 unspecified atom stereocenters. The summed E-state index contributed by atoms with van der Waals surface area (Å²) in [6.45, 7) is 4.12. The van der Waals surface area contributed by atoms with Crippen molar-refractivity contribution in [2.45, 2.75) is 65.2 Å². The predicted molar refractivity (Wildman–Crippen MR) is 103 cm³/mol. The van der Waals surface area contributed by atoms with Gasteiger partial charge in [-0.05, 0) is 43.0 Å². The minimum Gasteiger partial charge on any atom is -0.508 e. The number of aromatic hydroxyl groups is 2. The van der Waals surface area contributed by atoms with E-state index in [-0.39, 0.29) is 0 Å². The maximum absolute atomic E-state index is 9.58. The molecule has 0 atom stereocenters. The first-order valence-electron chi connectivity index (χ1n) is 9.16. The van der Waals surface area contributed by atoms with Gasteiger partial charge in [-0.2, -0.15) is 0 Å². The largest absolute Gasteiger partial charge is 0.508 e. The number of aryl methyl sites for hydroxylation is 2. The van der Waals surface area contributed by atoms with Gasteiger partial charge in [-0.25, -0.2) is 0 Å². The zero-order valence-corrected chi connectivity index (χ0v) is 15.2. The molecular weight excluding hydrogens is 296 g/mol. The van der Waals surface area contributed by atoms with E-state index in [0.717, 1.165) is 17.5 Å². The van der Waals surface area contributed by atoms with Crippen LogP contribution in [0, 0.1) is 6.92 Å². The first-order valence-corrected chi connectivity index (χ1v) is 9.16. The van der Waals surface area contributed by atoms with Crippen molar-refractivity contribution in [3.63, 3.8) is 0 Å². The Hall–Kier alpha value is -1.96. The average Bonchev–Trinajstić information content (AvgIpc) is 2.59. The van der Waals surface area contributed by atoms with Crippen LogP contribution in [0.15, 0.2) is 48.5 Å². The Morgan fingerprint density at radius 3 is 1.75 bits per heavy atom. The molecule has 2 aromatic rings. The van der Waals surface area contributed by atoms with Gasteiger partial charge in [0.25, 0.3) is 0 Å². The van der Waals surface area contributed by atoms with Crippen molar-refractivity contribution in [1.29, 1.82) is 0 Å². The van der Waals surface area contributed by atoms with Gasteiger partial charge in [-0.1, -0.05) is 81.8 Å². The van der Waals surface area contributed by atoms with Gasteiger partial charge in [0.15, 0.2) is 0 Å². The maximum atomic E-state index is 9.58. The summed E-state index contributed by atoms with van der Waals surface area (Å²) in [5.74, 6) is 0.820. The molecule has 2 aromatic carbocycles. The summed E-state index contributed by atoms with van der Waals surface area (Å²) in [5, 5.41) is 18.5. The van der Waals surface area contributed by atoms with Gasteiger partial charge in [0.2, 0.25) is 0 Å². The Balaban J connectivity index is 0.000000300. The molecule has 0 fully saturated rings. The van der Waals surface area contributed by atoms with Crippen molar-refractivity contribution < 1.29 is 10.2 Å². The van der Waals surface area contributed by atoms with Crippen molar-refractivity contribution in [1.82, 2.24) is 0 Å². The standard InChI is InChI=1S/C15H24O.C7H8O/c1-2-3-4-5-6-7-8-11-14-12-9-10-13-15(14)16;1-6-4-2-3-5-7(6)8/h9-10,12-13,16H,2-8,11H2,1H3;2-5,8H,1H3. The topological polar surface area (TPSA) is 40.5 Å². The quantitative estimate of drug-likeness (QED) is 0.551. The van der Waals surface area contributed by atoms with Crippen molar-refractivity contribution >= 4 is 0 Å². The van der Waals surface area contributed by atoms with Crippen LogP contribution in [-0.2, 0) is 6.42 Å². The molecule has 0 spiro atoms. The van der Waals surface area contributed by atoms with Crippen LogP contribution < -0.4 is 0 Å². The highest BCUT2D eigenvalue weighted by Gasteiger charge is 1.98. The third-order valence-corrected chi connectivity index (χ3v) is 4.16. The average molecular weight is 328 g/mol. The molecule has 24 heavy (non-hydrogen) atoms. The van der Waals surface area contributed by atoms with Crippen LogP contribution in [0.1, 0.15) is 63.0 Å². The molecule has 0 aromatic heterocycles. The highest BCUT2D eigenvalue weighted by Crippen LogP contribution is 2.18. The monoisotopic (exact) mass is 328 g/mol. The van der Waals surface area contributed by atoms with E-state index in [1.54, 1.807) is 12.1 Å². The van der Waals surface area contributed by atoms with Gasteiger partial charge < -0.3 is 10.2 Å². The van der Waals surface area contributed by atoms with E-state index >= 15 is 0 Å². The summed E-state index contributed by atoms with van der Waals surface area (Å²) >= 11 is 0. The van der Waals surface area contributed by atoms with Crippen LogP contribution >= 0.6 is 0 Å². The van der Waals surface area contributed by atoms with Gasteiger partial charge in [-0.3, -0.25) is 0 Å². The molecule has 132 valence electrons. The Kier molecular flexibility index (Phi) is 10.4.